The van der Waals surface area contributed by atoms with Crippen molar-refractivity contribution in [1.29, 1.82) is 0 Å². The van der Waals surface area contributed by atoms with Crippen LogP contribution in [0, 0.1) is 10.1 Å². The summed E-state index contributed by atoms with van der Waals surface area (Å²) in [5.41, 5.74) is 0.959. The SMILES string of the molecule is CC(C)N(CCNC(=O)c1ccc(N2CCCCC2)c([N+](=O)[O-])c1)C(C)C. The lowest BCUT2D eigenvalue weighted by molar-refractivity contribution is -0.384. The first-order valence-corrected chi connectivity index (χ1v) is 9.88. The standard InChI is InChI=1S/C20H32N4O3/c1-15(2)23(16(3)4)13-10-21-20(25)17-8-9-18(19(14-17)24(26)27)22-11-6-5-7-12-22/h8-9,14-16H,5-7,10-13H2,1-4H3,(H,21,25). The van der Waals surface area contributed by atoms with Gasteiger partial charge in [0.15, 0.2) is 0 Å². The minimum Gasteiger partial charge on any atom is -0.366 e. The summed E-state index contributed by atoms with van der Waals surface area (Å²) in [5.74, 6) is -0.268. The molecule has 0 aliphatic carbocycles. The normalized spacial score (nSPS) is 14.9. The van der Waals surface area contributed by atoms with Gasteiger partial charge in [-0.2, -0.15) is 0 Å². The van der Waals surface area contributed by atoms with Crippen molar-refractivity contribution < 1.29 is 9.72 Å². The second kappa shape index (κ2) is 9.69. The van der Waals surface area contributed by atoms with Gasteiger partial charge >= 0.3 is 0 Å². The Morgan fingerprint density at radius 3 is 2.37 bits per heavy atom. The number of hydrogen-bond donors (Lipinski definition) is 1. The van der Waals surface area contributed by atoms with Gasteiger partial charge in [0.2, 0.25) is 0 Å². The number of nitro benzene ring substituents is 1. The summed E-state index contributed by atoms with van der Waals surface area (Å²) < 4.78 is 0. The monoisotopic (exact) mass is 376 g/mol. The maximum atomic E-state index is 12.5. The topological polar surface area (TPSA) is 78.7 Å². The van der Waals surface area contributed by atoms with Crippen molar-refractivity contribution >= 4 is 17.3 Å². The van der Waals surface area contributed by atoms with Gasteiger partial charge in [0.1, 0.15) is 5.69 Å². The first kappa shape index (κ1) is 21.2. The fourth-order valence-electron chi connectivity index (χ4n) is 3.73. The van der Waals surface area contributed by atoms with Crippen molar-refractivity contribution in [1.82, 2.24) is 10.2 Å². The van der Waals surface area contributed by atoms with Crippen LogP contribution in [-0.4, -0.2) is 54.0 Å². The van der Waals surface area contributed by atoms with Gasteiger partial charge in [-0.25, -0.2) is 0 Å². The summed E-state index contributed by atoms with van der Waals surface area (Å²) in [7, 11) is 0. The van der Waals surface area contributed by atoms with E-state index in [0.717, 1.165) is 38.9 Å². The highest BCUT2D eigenvalue weighted by Gasteiger charge is 2.23. The second-order valence-corrected chi connectivity index (χ2v) is 7.69. The lowest BCUT2D eigenvalue weighted by Crippen LogP contribution is -2.42. The number of hydrogen-bond acceptors (Lipinski definition) is 5. The second-order valence-electron chi connectivity index (χ2n) is 7.69. The Hall–Kier alpha value is -2.15. The van der Waals surface area contributed by atoms with Crippen molar-refractivity contribution in [3.05, 3.63) is 33.9 Å². The molecular formula is C20H32N4O3. The largest absolute Gasteiger partial charge is 0.366 e. The van der Waals surface area contributed by atoms with Crippen LogP contribution in [0.1, 0.15) is 57.3 Å². The van der Waals surface area contributed by atoms with Gasteiger partial charge in [0, 0.05) is 49.9 Å². The minimum absolute atomic E-state index is 0.00976. The Morgan fingerprint density at radius 2 is 1.81 bits per heavy atom. The van der Waals surface area contributed by atoms with Gasteiger partial charge in [0.05, 0.1) is 4.92 Å². The summed E-state index contributed by atoms with van der Waals surface area (Å²) in [6.07, 6.45) is 3.25. The van der Waals surface area contributed by atoms with E-state index in [1.165, 1.54) is 6.07 Å². The van der Waals surface area contributed by atoms with Crippen LogP contribution in [0.15, 0.2) is 18.2 Å². The number of piperidine rings is 1. The third-order valence-corrected chi connectivity index (χ3v) is 5.11. The Labute approximate surface area is 161 Å². The molecule has 1 aromatic rings. The van der Waals surface area contributed by atoms with Crippen molar-refractivity contribution in [2.75, 3.05) is 31.1 Å². The lowest BCUT2D eigenvalue weighted by Gasteiger charge is -2.30. The number of nitrogens with one attached hydrogen (secondary N) is 1. The molecule has 0 aromatic heterocycles. The highest BCUT2D eigenvalue weighted by molar-refractivity contribution is 5.95. The zero-order chi connectivity index (χ0) is 20.0. The Balaban J connectivity index is 2.06. The Bertz CT molecular complexity index is 647. The van der Waals surface area contributed by atoms with Crippen LogP contribution < -0.4 is 10.2 Å². The lowest BCUT2D eigenvalue weighted by atomic mass is 10.1. The molecular weight excluding hydrogens is 344 g/mol. The molecule has 0 saturated carbocycles. The smallest absolute Gasteiger partial charge is 0.293 e. The number of nitrogens with zero attached hydrogens (tertiary/aromatic N) is 3. The summed E-state index contributed by atoms with van der Waals surface area (Å²) in [6.45, 7) is 11.4. The molecule has 0 bridgehead atoms. The molecule has 1 fully saturated rings. The summed E-state index contributed by atoms with van der Waals surface area (Å²) in [5, 5.41) is 14.4. The van der Waals surface area contributed by atoms with E-state index in [-0.39, 0.29) is 16.5 Å². The average molecular weight is 377 g/mol. The van der Waals surface area contributed by atoms with E-state index >= 15 is 0 Å². The van der Waals surface area contributed by atoms with Gasteiger partial charge in [-0.1, -0.05) is 0 Å². The molecule has 1 aliphatic heterocycles. The average Bonchev–Trinajstić information content (AvgIpc) is 2.64. The third-order valence-electron chi connectivity index (χ3n) is 5.11. The van der Waals surface area contributed by atoms with Crippen LogP contribution >= 0.6 is 0 Å². The summed E-state index contributed by atoms with van der Waals surface area (Å²) in [4.78, 5) is 27.9. The van der Waals surface area contributed by atoms with E-state index in [9.17, 15) is 14.9 Å². The number of amides is 1. The molecule has 7 heteroatoms. The van der Waals surface area contributed by atoms with Gasteiger partial charge in [0.25, 0.3) is 11.6 Å². The minimum atomic E-state index is -0.389. The van der Waals surface area contributed by atoms with Gasteiger partial charge in [-0.15, -0.1) is 0 Å². The molecule has 1 amide bonds. The van der Waals surface area contributed by atoms with Crippen molar-refractivity contribution in [2.45, 2.75) is 59.0 Å². The highest BCUT2D eigenvalue weighted by Crippen LogP contribution is 2.31. The molecule has 2 rings (SSSR count). The zero-order valence-electron chi connectivity index (χ0n) is 16.9. The van der Waals surface area contributed by atoms with Crippen molar-refractivity contribution in [3.8, 4) is 0 Å². The fraction of sp³-hybridized carbons (Fsp3) is 0.650. The van der Waals surface area contributed by atoms with Crippen LogP contribution in [0.5, 0.6) is 0 Å². The first-order valence-electron chi connectivity index (χ1n) is 9.88. The van der Waals surface area contributed by atoms with E-state index in [4.69, 9.17) is 0 Å². The van der Waals surface area contributed by atoms with E-state index in [2.05, 4.69) is 37.9 Å². The van der Waals surface area contributed by atoms with Crippen LogP contribution in [0.4, 0.5) is 11.4 Å². The Morgan fingerprint density at radius 1 is 1.19 bits per heavy atom. The van der Waals surface area contributed by atoms with Crippen molar-refractivity contribution in [3.63, 3.8) is 0 Å². The van der Waals surface area contributed by atoms with E-state index < -0.39 is 0 Å². The molecule has 0 atom stereocenters. The molecule has 150 valence electrons. The molecule has 7 nitrogen and oxygen atoms in total. The molecule has 1 heterocycles. The highest BCUT2D eigenvalue weighted by atomic mass is 16.6. The number of anilines is 1. The van der Waals surface area contributed by atoms with E-state index in [1.807, 2.05) is 4.90 Å². The molecule has 1 saturated heterocycles. The van der Waals surface area contributed by atoms with Crippen LogP contribution in [0.3, 0.4) is 0 Å². The zero-order valence-corrected chi connectivity index (χ0v) is 16.9. The van der Waals surface area contributed by atoms with Crippen LogP contribution in [0.25, 0.3) is 0 Å². The molecule has 0 unspecified atom stereocenters. The Kier molecular flexibility index (Phi) is 7.59. The predicted octanol–water partition coefficient (Wildman–Crippen LogP) is 3.43. The fourth-order valence-corrected chi connectivity index (χ4v) is 3.73. The summed E-state index contributed by atoms with van der Waals surface area (Å²) >= 11 is 0. The van der Waals surface area contributed by atoms with Crippen LogP contribution in [0.2, 0.25) is 0 Å². The van der Waals surface area contributed by atoms with Gasteiger partial charge in [-0.05, 0) is 59.1 Å². The number of rotatable bonds is 8. The van der Waals surface area contributed by atoms with Gasteiger partial charge < -0.3 is 10.2 Å². The maximum absolute atomic E-state index is 12.5. The quantitative estimate of drug-likeness (QED) is 0.555. The third kappa shape index (κ3) is 5.66. The number of benzene rings is 1. The molecule has 1 aromatic carbocycles. The maximum Gasteiger partial charge on any atom is 0.293 e. The first-order chi connectivity index (χ1) is 12.8. The summed E-state index contributed by atoms with van der Waals surface area (Å²) in [6, 6.07) is 5.60. The molecule has 1 N–H and O–H groups in total. The van der Waals surface area contributed by atoms with E-state index in [1.54, 1.807) is 12.1 Å². The van der Waals surface area contributed by atoms with Crippen LogP contribution in [-0.2, 0) is 0 Å². The van der Waals surface area contributed by atoms with E-state index in [0.29, 0.717) is 29.9 Å². The number of nitro groups is 1. The number of carbonyl (C=O) groups excluding carboxylic acids is 1. The predicted molar refractivity (Wildman–Crippen MR) is 108 cm³/mol. The number of carbonyl (C=O) groups is 1. The molecule has 27 heavy (non-hydrogen) atoms. The van der Waals surface area contributed by atoms with Crippen molar-refractivity contribution in [2.24, 2.45) is 0 Å². The molecule has 0 spiro atoms. The molecule has 1 aliphatic rings. The van der Waals surface area contributed by atoms with Gasteiger partial charge in [-0.3, -0.25) is 19.8 Å². The molecule has 0 radical (unpaired) electrons.